The summed E-state index contributed by atoms with van der Waals surface area (Å²) < 4.78 is 26.2. The molecule has 25 heavy (non-hydrogen) atoms. The third-order valence-electron chi connectivity index (χ3n) is 4.29. The maximum Gasteiger partial charge on any atom is 0.308 e. The summed E-state index contributed by atoms with van der Waals surface area (Å²) in [5.41, 5.74) is 0.700. The van der Waals surface area contributed by atoms with E-state index in [4.69, 9.17) is 0 Å². The number of benzene rings is 1. The van der Waals surface area contributed by atoms with Crippen LogP contribution in [0.5, 0.6) is 0 Å². The summed E-state index contributed by atoms with van der Waals surface area (Å²) >= 11 is 0. The first-order valence-corrected chi connectivity index (χ1v) is 9.80. The van der Waals surface area contributed by atoms with Crippen molar-refractivity contribution in [1.82, 2.24) is 9.62 Å². The lowest BCUT2D eigenvalue weighted by Gasteiger charge is -2.34. The van der Waals surface area contributed by atoms with Gasteiger partial charge in [0.1, 0.15) is 0 Å². The summed E-state index contributed by atoms with van der Waals surface area (Å²) in [4.78, 5) is 25.4. The molecule has 2 unspecified atom stereocenters. The molecule has 8 heteroatoms. The van der Waals surface area contributed by atoms with Gasteiger partial charge in [-0.2, -0.15) is 0 Å². The summed E-state index contributed by atoms with van der Waals surface area (Å²) in [5, 5.41) is 9.20. The number of likely N-dealkylation sites (tertiary alicyclic amines) is 1. The van der Waals surface area contributed by atoms with Crippen molar-refractivity contribution < 1.29 is 23.1 Å². The van der Waals surface area contributed by atoms with Crippen LogP contribution in [-0.2, 0) is 26.0 Å². The molecule has 0 aliphatic carbocycles. The zero-order chi connectivity index (χ0) is 18.6. The fraction of sp³-hybridized carbons (Fsp3) is 0.529. The number of carboxylic acids is 1. The molecule has 7 nitrogen and oxygen atoms in total. The number of amides is 1. The van der Waals surface area contributed by atoms with Crippen LogP contribution in [0.1, 0.15) is 25.8 Å². The van der Waals surface area contributed by atoms with E-state index in [2.05, 4.69) is 4.72 Å². The lowest BCUT2D eigenvalue weighted by Crippen LogP contribution is -2.46. The van der Waals surface area contributed by atoms with E-state index in [1.165, 1.54) is 12.1 Å². The van der Waals surface area contributed by atoms with Crippen molar-refractivity contribution in [3.63, 3.8) is 0 Å². The fourth-order valence-corrected chi connectivity index (χ4v) is 4.12. The van der Waals surface area contributed by atoms with E-state index in [1.54, 1.807) is 24.0 Å². The molecule has 2 N–H and O–H groups in total. The van der Waals surface area contributed by atoms with Crippen molar-refractivity contribution in [2.24, 2.45) is 11.8 Å². The largest absolute Gasteiger partial charge is 0.481 e. The number of carboxylic acid groups (broad SMARTS) is 1. The number of piperidine rings is 1. The first-order chi connectivity index (χ1) is 11.7. The topological polar surface area (TPSA) is 104 Å². The van der Waals surface area contributed by atoms with Crippen LogP contribution in [0.4, 0.5) is 0 Å². The second-order valence-corrected chi connectivity index (χ2v) is 8.26. The van der Waals surface area contributed by atoms with Crippen molar-refractivity contribution in [2.75, 3.05) is 19.6 Å². The van der Waals surface area contributed by atoms with Crippen molar-refractivity contribution in [3.8, 4) is 0 Å². The molecule has 2 rings (SSSR count). The molecule has 1 aliphatic heterocycles. The molecule has 1 aliphatic rings. The molecule has 138 valence electrons. The van der Waals surface area contributed by atoms with Crippen LogP contribution >= 0.6 is 0 Å². The number of carbonyl (C=O) groups excluding carboxylic acids is 1. The molecule has 2 atom stereocenters. The van der Waals surface area contributed by atoms with Gasteiger partial charge in [0.05, 0.1) is 17.2 Å². The predicted molar refractivity (Wildman–Crippen MR) is 92.5 cm³/mol. The molecule has 1 heterocycles. The molecule has 1 fully saturated rings. The Kier molecular flexibility index (Phi) is 6.18. The number of sulfonamides is 1. The molecule has 0 radical (unpaired) electrons. The third-order valence-corrected chi connectivity index (χ3v) is 5.85. The van der Waals surface area contributed by atoms with Gasteiger partial charge in [0.25, 0.3) is 0 Å². The molecule has 0 bridgehead atoms. The quantitative estimate of drug-likeness (QED) is 0.782. The normalized spacial score (nSPS) is 21.1. The molecule has 0 saturated carbocycles. The van der Waals surface area contributed by atoms with Crippen molar-refractivity contribution in [3.05, 3.63) is 29.8 Å². The SMILES string of the molecule is CCNS(=O)(=O)c1ccc(CC(=O)N2CC(C)CC(C(=O)O)C2)cc1. The average molecular weight is 368 g/mol. The van der Waals surface area contributed by atoms with Crippen molar-refractivity contribution in [1.29, 1.82) is 0 Å². The summed E-state index contributed by atoms with van der Waals surface area (Å²) in [6, 6.07) is 6.17. The minimum absolute atomic E-state index is 0.126. The zero-order valence-electron chi connectivity index (χ0n) is 14.4. The Morgan fingerprint density at radius 2 is 1.88 bits per heavy atom. The number of hydrogen-bond acceptors (Lipinski definition) is 4. The van der Waals surface area contributed by atoms with E-state index >= 15 is 0 Å². The van der Waals surface area contributed by atoms with Gasteiger partial charge in [0.2, 0.25) is 15.9 Å². The number of nitrogens with zero attached hydrogens (tertiary/aromatic N) is 1. The number of hydrogen-bond donors (Lipinski definition) is 2. The Bertz CT molecular complexity index is 730. The standard InChI is InChI=1S/C17H24N2O5S/c1-3-18-25(23,24)15-6-4-13(5-7-15)9-16(20)19-10-12(2)8-14(11-19)17(21)22/h4-7,12,14,18H,3,8-11H2,1-2H3,(H,21,22). The van der Waals surface area contributed by atoms with Crippen LogP contribution in [0.15, 0.2) is 29.2 Å². The van der Waals surface area contributed by atoms with Crippen LogP contribution in [0.2, 0.25) is 0 Å². The second kappa shape index (κ2) is 7.97. The lowest BCUT2D eigenvalue weighted by atomic mass is 9.90. The fourth-order valence-electron chi connectivity index (χ4n) is 3.08. The smallest absolute Gasteiger partial charge is 0.308 e. The van der Waals surface area contributed by atoms with Gasteiger partial charge in [-0.25, -0.2) is 13.1 Å². The van der Waals surface area contributed by atoms with E-state index in [9.17, 15) is 23.1 Å². The molecule has 1 aromatic rings. The number of aliphatic carboxylic acids is 1. The zero-order valence-corrected chi connectivity index (χ0v) is 15.3. The highest BCUT2D eigenvalue weighted by atomic mass is 32.2. The predicted octanol–water partition coefficient (Wildman–Crippen LogP) is 1.10. The van der Waals surface area contributed by atoms with E-state index in [1.807, 2.05) is 6.92 Å². The Morgan fingerprint density at radius 1 is 1.24 bits per heavy atom. The van der Waals surface area contributed by atoms with Gasteiger partial charge in [0, 0.05) is 19.6 Å². The highest BCUT2D eigenvalue weighted by Gasteiger charge is 2.31. The first kappa shape index (κ1) is 19.4. The Hall–Kier alpha value is -1.93. The van der Waals surface area contributed by atoms with Gasteiger partial charge < -0.3 is 10.0 Å². The Labute approximate surface area is 148 Å². The maximum atomic E-state index is 12.5. The average Bonchev–Trinajstić information content (AvgIpc) is 2.54. The first-order valence-electron chi connectivity index (χ1n) is 8.32. The summed E-state index contributed by atoms with van der Waals surface area (Å²) in [7, 11) is -3.51. The molecule has 1 amide bonds. The number of rotatable bonds is 6. The van der Waals surface area contributed by atoms with E-state index < -0.39 is 21.9 Å². The van der Waals surface area contributed by atoms with Crippen molar-refractivity contribution >= 4 is 21.9 Å². The van der Waals surface area contributed by atoms with E-state index in [0.29, 0.717) is 25.1 Å². The van der Waals surface area contributed by atoms with Crippen LogP contribution in [0, 0.1) is 11.8 Å². The minimum Gasteiger partial charge on any atom is -0.481 e. The molecule has 1 aromatic carbocycles. The summed E-state index contributed by atoms with van der Waals surface area (Å²) in [6.07, 6.45) is 0.705. The Balaban J connectivity index is 2.04. The van der Waals surface area contributed by atoms with Gasteiger partial charge in [0.15, 0.2) is 0 Å². The number of nitrogens with one attached hydrogen (secondary N) is 1. The van der Waals surface area contributed by atoms with Crippen molar-refractivity contribution in [2.45, 2.75) is 31.6 Å². The molecule has 1 saturated heterocycles. The summed E-state index contributed by atoms with van der Waals surface area (Å²) in [6.45, 7) is 4.73. The highest BCUT2D eigenvalue weighted by Crippen LogP contribution is 2.22. The second-order valence-electron chi connectivity index (χ2n) is 6.50. The Morgan fingerprint density at radius 3 is 2.44 bits per heavy atom. The molecule has 0 aromatic heterocycles. The highest BCUT2D eigenvalue weighted by molar-refractivity contribution is 7.89. The van der Waals surface area contributed by atoms with Crippen LogP contribution in [0.25, 0.3) is 0 Å². The van der Waals surface area contributed by atoms with Crippen LogP contribution in [0.3, 0.4) is 0 Å². The maximum absolute atomic E-state index is 12.5. The minimum atomic E-state index is -3.51. The number of carbonyl (C=O) groups is 2. The third kappa shape index (κ3) is 5.02. The van der Waals surface area contributed by atoms with Gasteiger partial charge in [-0.15, -0.1) is 0 Å². The van der Waals surface area contributed by atoms with Gasteiger partial charge in [-0.1, -0.05) is 26.0 Å². The van der Waals surface area contributed by atoms with E-state index in [-0.39, 0.29) is 29.7 Å². The molecular formula is C17H24N2O5S. The monoisotopic (exact) mass is 368 g/mol. The summed E-state index contributed by atoms with van der Waals surface area (Å²) in [5.74, 6) is -1.39. The van der Waals surface area contributed by atoms with Crippen LogP contribution < -0.4 is 4.72 Å². The lowest BCUT2D eigenvalue weighted by molar-refractivity contribution is -0.146. The molecule has 0 spiro atoms. The van der Waals surface area contributed by atoms with Crippen LogP contribution in [-0.4, -0.2) is 49.9 Å². The van der Waals surface area contributed by atoms with Gasteiger partial charge >= 0.3 is 5.97 Å². The van der Waals surface area contributed by atoms with E-state index in [0.717, 1.165) is 0 Å². The molecular weight excluding hydrogens is 344 g/mol. The van der Waals surface area contributed by atoms with Gasteiger partial charge in [-0.05, 0) is 30.0 Å². The van der Waals surface area contributed by atoms with Gasteiger partial charge in [-0.3, -0.25) is 9.59 Å².